The molecule has 0 unspecified atom stereocenters. The minimum atomic E-state index is 0.193. The summed E-state index contributed by atoms with van der Waals surface area (Å²) in [6.45, 7) is 6.36. The molecule has 1 aromatic carbocycles. The quantitative estimate of drug-likeness (QED) is 0.738. The lowest BCUT2D eigenvalue weighted by atomic mass is 9.86. The molecular weight excluding hydrogens is 232 g/mol. The van der Waals surface area contributed by atoms with Gasteiger partial charge in [-0.05, 0) is 31.9 Å². The fraction of sp³-hybridized carbons (Fsp3) is 0.647. The van der Waals surface area contributed by atoms with Gasteiger partial charge in [0.1, 0.15) is 0 Å². The number of nitrogens with zero attached hydrogens (tertiary/aromatic N) is 1. The second-order valence-corrected chi connectivity index (χ2v) is 5.59. The minimum absolute atomic E-state index is 0.193. The van der Waals surface area contributed by atoms with Crippen LogP contribution in [0.1, 0.15) is 45.1 Å². The molecule has 0 fully saturated rings. The van der Waals surface area contributed by atoms with Crippen molar-refractivity contribution >= 4 is 0 Å². The molecule has 0 aliphatic rings. The average molecular weight is 262 g/mol. The Bertz CT molecular complexity index is 328. The van der Waals surface area contributed by atoms with Gasteiger partial charge in [-0.1, -0.05) is 57.0 Å². The molecule has 0 atom stereocenters. The monoisotopic (exact) mass is 262 g/mol. The third-order valence-corrected chi connectivity index (χ3v) is 4.20. The van der Waals surface area contributed by atoms with Gasteiger partial charge in [0.2, 0.25) is 0 Å². The Morgan fingerprint density at radius 1 is 1.05 bits per heavy atom. The highest BCUT2D eigenvalue weighted by molar-refractivity contribution is 5.15. The molecule has 0 saturated heterocycles. The third kappa shape index (κ3) is 4.63. The van der Waals surface area contributed by atoms with Gasteiger partial charge < -0.3 is 5.73 Å². The van der Waals surface area contributed by atoms with E-state index in [-0.39, 0.29) is 5.54 Å². The van der Waals surface area contributed by atoms with Crippen LogP contribution < -0.4 is 5.73 Å². The van der Waals surface area contributed by atoms with E-state index in [1.54, 1.807) is 0 Å². The SMILES string of the molecule is CCCC(CN)(CCC)N(C)CCc1ccccc1. The summed E-state index contributed by atoms with van der Waals surface area (Å²) in [5, 5.41) is 0. The normalized spacial score (nSPS) is 12.1. The maximum absolute atomic E-state index is 6.11. The number of benzene rings is 1. The molecule has 0 radical (unpaired) electrons. The predicted octanol–water partition coefficient (Wildman–Crippen LogP) is 3.46. The van der Waals surface area contributed by atoms with Crippen molar-refractivity contribution in [1.29, 1.82) is 0 Å². The number of likely N-dealkylation sites (N-methyl/N-ethyl adjacent to an activating group) is 1. The zero-order valence-corrected chi connectivity index (χ0v) is 12.9. The highest BCUT2D eigenvalue weighted by Gasteiger charge is 2.30. The van der Waals surface area contributed by atoms with E-state index in [4.69, 9.17) is 5.73 Å². The van der Waals surface area contributed by atoms with Gasteiger partial charge in [-0.15, -0.1) is 0 Å². The van der Waals surface area contributed by atoms with Gasteiger partial charge in [0.05, 0.1) is 0 Å². The molecule has 0 aliphatic carbocycles. The summed E-state index contributed by atoms with van der Waals surface area (Å²) < 4.78 is 0. The smallest absolute Gasteiger partial charge is 0.0328 e. The summed E-state index contributed by atoms with van der Waals surface area (Å²) in [4.78, 5) is 2.49. The van der Waals surface area contributed by atoms with Gasteiger partial charge in [-0.2, -0.15) is 0 Å². The molecule has 0 heterocycles. The molecule has 19 heavy (non-hydrogen) atoms. The molecule has 0 aromatic heterocycles. The van der Waals surface area contributed by atoms with Gasteiger partial charge in [0, 0.05) is 18.6 Å². The van der Waals surface area contributed by atoms with Crippen molar-refractivity contribution in [3.63, 3.8) is 0 Å². The van der Waals surface area contributed by atoms with Crippen molar-refractivity contribution in [3.05, 3.63) is 35.9 Å². The lowest BCUT2D eigenvalue weighted by molar-refractivity contribution is 0.104. The lowest BCUT2D eigenvalue weighted by Gasteiger charge is -2.41. The van der Waals surface area contributed by atoms with E-state index in [1.165, 1.54) is 31.2 Å². The van der Waals surface area contributed by atoms with Crippen molar-refractivity contribution in [2.45, 2.75) is 51.5 Å². The maximum Gasteiger partial charge on any atom is 0.0328 e. The van der Waals surface area contributed by atoms with Crippen LogP contribution in [0.4, 0.5) is 0 Å². The number of rotatable bonds is 9. The summed E-state index contributed by atoms with van der Waals surface area (Å²) in [6, 6.07) is 10.7. The first kappa shape index (κ1) is 16.2. The van der Waals surface area contributed by atoms with Gasteiger partial charge >= 0.3 is 0 Å². The first-order valence-corrected chi connectivity index (χ1v) is 7.63. The molecule has 0 aliphatic heterocycles. The molecular formula is C17H30N2. The average Bonchev–Trinajstić information content (AvgIpc) is 2.45. The molecule has 1 aromatic rings. The number of nitrogens with two attached hydrogens (primary N) is 1. The number of hydrogen-bond acceptors (Lipinski definition) is 2. The molecule has 0 spiro atoms. The summed E-state index contributed by atoms with van der Waals surface area (Å²) in [5.74, 6) is 0. The highest BCUT2D eigenvalue weighted by atomic mass is 15.2. The van der Waals surface area contributed by atoms with E-state index in [0.717, 1.165) is 19.5 Å². The van der Waals surface area contributed by atoms with E-state index >= 15 is 0 Å². The Hall–Kier alpha value is -0.860. The molecule has 2 heteroatoms. The number of hydrogen-bond donors (Lipinski definition) is 1. The molecule has 0 bridgehead atoms. The van der Waals surface area contributed by atoms with E-state index < -0.39 is 0 Å². The molecule has 2 N–H and O–H groups in total. The van der Waals surface area contributed by atoms with Crippen LogP contribution in [0.15, 0.2) is 30.3 Å². The minimum Gasteiger partial charge on any atom is -0.329 e. The highest BCUT2D eigenvalue weighted by Crippen LogP contribution is 2.25. The van der Waals surface area contributed by atoms with Crippen molar-refractivity contribution in [3.8, 4) is 0 Å². The van der Waals surface area contributed by atoms with Crippen LogP contribution in [-0.2, 0) is 6.42 Å². The molecule has 0 saturated carbocycles. The lowest BCUT2D eigenvalue weighted by Crippen LogP contribution is -2.52. The largest absolute Gasteiger partial charge is 0.329 e. The van der Waals surface area contributed by atoms with Crippen molar-refractivity contribution in [1.82, 2.24) is 4.90 Å². The standard InChI is InChI=1S/C17H30N2/c1-4-12-17(15-18,13-5-2)19(3)14-11-16-9-7-6-8-10-16/h6-10H,4-5,11-15,18H2,1-3H3. The summed E-state index contributed by atoms with van der Waals surface area (Å²) in [6.07, 6.45) is 5.90. The summed E-state index contributed by atoms with van der Waals surface area (Å²) in [7, 11) is 2.24. The van der Waals surface area contributed by atoms with E-state index in [0.29, 0.717) is 0 Å². The van der Waals surface area contributed by atoms with Crippen molar-refractivity contribution < 1.29 is 0 Å². The van der Waals surface area contributed by atoms with Gasteiger partial charge in [0.25, 0.3) is 0 Å². The van der Waals surface area contributed by atoms with E-state index in [1.807, 2.05) is 0 Å². The van der Waals surface area contributed by atoms with E-state index in [9.17, 15) is 0 Å². The predicted molar refractivity (Wildman–Crippen MR) is 84.4 cm³/mol. The molecule has 1 rings (SSSR count). The second-order valence-electron chi connectivity index (χ2n) is 5.59. The van der Waals surface area contributed by atoms with Crippen molar-refractivity contribution in [2.24, 2.45) is 5.73 Å². The Morgan fingerprint density at radius 3 is 2.11 bits per heavy atom. The third-order valence-electron chi connectivity index (χ3n) is 4.20. The maximum atomic E-state index is 6.11. The zero-order chi connectivity index (χ0) is 14.1. The zero-order valence-electron chi connectivity index (χ0n) is 12.9. The molecule has 108 valence electrons. The van der Waals surface area contributed by atoms with Crippen LogP contribution >= 0.6 is 0 Å². The van der Waals surface area contributed by atoms with Crippen LogP contribution in [0.25, 0.3) is 0 Å². The first-order valence-electron chi connectivity index (χ1n) is 7.63. The summed E-state index contributed by atoms with van der Waals surface area (Å²) in [5.41, 5.74) is 7.71. The Balaban J connectivity index is 2.63. The van der Waals surface area contributed by atoms with Gasteiger partial charge in [-0.25, -0.2) is 0 Å². The Labute approximate surface area is 119 Å². The van der Waals surface area contributed by atoms with Crippen LogP contribution in [0, 0.1) is 0 Å². The van der Waals surface area contributed by atoms with Gasteiger partial charge in [0.15, 0.2) is 0 Å². The molecule has 0 amide bonds. The van der Waals surface area contributed by atoms with Crippen LogP contribution in [-0.4, -0.2) is 30.6 Å². The van der Waals surface area contributed by atoms with Crippen LogP contribution in [0.2, 0.25) is 0 Å². The topological polar surface area (TPSA) is 29.3 Å². The fourth-order valence-corrected chi connectivity index (χ4v) is 2.98. The van der Waals surface area contributed by atoms with E-state index in [2.05, 4.69) is 56.1 Å². The molecule has 2 nitrogen and oxygen atoms in total. The van der Waals surface area contributed by atoms with Gasteiger partial charge in [-0.3, -0.25) is 4.90 Å². The van der Waals surface area contributed by atoms with Crippen LogP contribution in [0.3, 0.4) is 0 Å². The fourth-order valence-electron chi connectivity index (χ4n) is 2.98. The van der Waals surface area contributed by atoms with Crippen LogP contribution in [0.5, 0.6) is 0 Å². The second kappa shape index (κ2) is 8.34. The summed E-state index contributed by atoms with van der Waals surface area (Å²) >= 11 is 0. The van der Waals surface area contributed by atoms with Crippen molar-refractivity contribution in [2.75, 3.05) is 20.1 Å². The first-order chi connectivity index (χ1) is 9.18. The Morgan fingerprint density at radius 2 is 1.63 bits per heavy atom. The Kier molecular flexibility index (Phi) is 7.11.